The van der Waals surface area contributed by atoms with E-state index in [9.17, 15) is 18.5 Å². The van der Waals surface area contributed by atoms with Gasteiger partial charge in [-0.1, -0.05) is 0 Å². The van der Waals surface area contributed by atoms with Crippen LogP contribution in [0.4, 0.5) is 5.69 Å². The molecule has 1 saturated heterocycles. The second-order valence-electron chi connectivity index (χ2n) is 5.73. The number of aryl methyl sites for hydroxylation is 1. The van der Waals surface area contributed by atoms with Crippen molar-refractivity contribution in [2.75, 3.05) is 31.1 Å². The molecule has 0 atom stereocenters. The summed E-state index contributed by atoms with van der Waals surface area (Å²) in [5.74, 6) is -1.13. The molecule has 1 fully saturated rings. The van der Waals surface area contributed by atoms with E-state index in [1.54, 1.807) is 25.4 Å². The van der Waals surface area contributed by atoms with E-state index in [1.165, 1.54) is 10.4 Å². The first-order chi connectivity index (χ1) is 12.3. The van der Waals surface area contributed by atoms with Crippen LogP contribution in [-0.2, 0) is 10.0 Å². The number of anilines is 1. The summed E-state index contributed by atoms with van der Waals surface area (Å²) in [6, 6.07) is 4.96. The quantitative estimate of drug-likeness (QED) is 0.839. The van der Waals surface area contributed by atoms with Gasteiger partial charge in [0.15, 0.2) is 0 Å². The van der Waals surface area contributed by atoms with Crippen molar-refractivity contribution in [1.82, 2.24) is 9.29 Å². The average molecular weight is 392 g/mol. The molecule has 2 aromatic rings. The van der Waals surface area contributed by atoms with Crippen molar-refractivity contribution in [3.63, 3.8) is 0 Å². The van der Waals surface area contributed by atoms with Crippen LogP contribution in [0.5, 0.6) is 0 Å². The summed E-state index contributed by atoms with van der Waals surface area (Å²) in [5, 5.41) is 18.3. The summed E-state index contributed by atoms with van der Waals surface area (Å²) in [6.45, 7) is 2.96. The molecule has 8 nitrogen and oxygen atoms in total. The van der Waals surface area contributed by atoms with Crippen LogP contribution >= 0.6 is 11.3 Å². The van der Waals surface area contributed by atoms with Gasteiger partial charge in [0.2, 0.25) is 10.0 Å². The van der Waals surface area contributed by atoms with Crippen LogP contribution in [0.25, 0.3) is 0 Å². The van der Waals surface area contributed by atoms with Crippen molar-refractivity contribution in [2.24, 2.45) is 0 Å². The molecule has 0 bridgehead atoms. The monoisotopic (exact) mass is 392 g/mol. The molecule has 1 N–H and O–H groups in total. The highest BCUT2D eigenvalue weighted by molar-refractivity contribution is 7.89. The highest BCUT2D eigenvalue weighted by Crippen LogP contribution is 2.29. The third-order valence-corrected chi connectivity index (χ3v) is 7.39. The molecule has 3 heterocycles. The zero-order valence-corrected chi connectivity index (χ0v) is 15.5. The highest BCUT2D eigenvalue weighted by atomic mass is 32.2. The van der Waals surface area contributed by atoms with E-state index in [0.717, 1.165) is 11.3 Å². The lowest BCUT2D eigenvalue weighted by Gasteiger charge is -2.35. The van der Waals surface area contributed by atoms with Crippen molar-refractivity contribution in [1.29, 1.82) is 5.26 Å². The van der Waals surface area contributed by atoms with Crippen molar-refractivity contribution in [2.45, 2.75) is 11.8 Å². The minimum Gasteiger partial charge on any atom is -0.477 e. The van der Waals surface area contributed by atoms with Crippen LogP contribution in [0.3, 0.4) is 0 Å². The minimum absolute atomic E-state index is 0.00809. The van der Waals surface area contributed by atoms with Gasteiger partial charge in [-0.15, -0.1) is 11.3 Å². The normalized spacial score (nSPS) is 15.6. The Morgan fingerprint density at radius 3 is 2.62 bits per heavy atom. The number of thiophene rings is 1. The lowest BCUT2D eigenvalue weighted by molar-refractivity contribution is 0.0702. The molecule has 0 unspecified atom stereocenters. The Balaban J connectivity index is 1.79. The van der Waals surface area contributed by atoms with Gasteiger partial charge < -0.3 is 10.0 Å². The molecule has 0 aromatic carbocycles. The zero-order chi connectivity index (χ0) is 18.9. The first-order valence-electron chi connectivity index (χ1n) is 7.77. The molecule has 1 aliphatic rings. The predicted molar refractivity (Wildman–Crippen MR) is 95.9 cm³/mol. The number of hydrogen-bond donors (Lipinski definition) is 1. The lowest BCUT2D eigenvalue weighted by Crippen LogP contribution is -2.48. The van der Waals surface area contributed by atoms with Crippen LogP contribution in [0.2, 0.25) is 0 Å². The van der Waals surface area contributed by atoms with E-state index in [2.05, 4.69) is 11.1 Å². The van der Waals surface area contributed by atoms with Gasteiger partial charge >= 0.3 is 5.97 Å². The molecule has 10 heteroatoms. The molecule has 0 aliphatic carbocycles. The largest absolute Gasteiger partial charge is 0.477 e. The summed E-state index contributed by atoms with van der Waals surface area (Å²) in [6.07, 6.45) is 3.15. The van der Waals surface area contributed by atoms with Gasteiger partial charge in [-0.3, -0.25) is 4.98 Å². The van der Waals surface area contributed by atoms with Gasteiger partial charge in [-0.05, 0) is 19.1 Å². The number of hydrogen-bond acceptors (Lipinski definition) is 7. The standard InChI is InChI=1S/C16H16N4O4S2/c1-11-15(8-14(25-11)16(21)22)26(23,24)20-6-4-19(5-7-20)13-10-18-3-2-12(13)9-17/h2-3,8,10H,4-7H2,1H3,(H,21,22). The Labute approximate surface area is 155 Å². The van der Waals surface area contributed by atoms with Crippen LogP contribution < -0.4 is 4.90 Å². The van der Waals surface area contributed by atoms with E-state index in [4.69, 9.17) is 5.11 Å². The van der Waals surface area contributed by atoms with Crippen molar-refractivity contribution in [3.05, 3.63) is 39.8 Å². The fourth-order valence-corrected chi connectivity index (χ4v) is 5.69. The topological polar surface area (TPSA) is 115 Å². The number of sulfonamides is 1. The number of aromatic nitrogens is 1. The van der Waals surface area contributed by atoms with Gasteiger partial charge in [-0.2, -0.15) is 9.57 Å². The predicted octanol–water partition coefficient (Wildman–Crippen LogP) is 1.53. The Morgan fingerprint density at radius 1 is 1.35 bits per heavy atom. The molecule has 26 heavy (non-hydrogen) atoms. The number of piperazine rings is 1. The molecule has 0 radical (unpaired) electrons. The Morgan fingerprint density at radius 2 is 2.04 bits per heavy atom. The molecular formula is C16H16N4O4S2. The number of carboxylic acids is 1. The first-order valence-corrected chi connectivity index (χ1v) is 10.0. The molecule has 1 aliphatic heterocycles. The number of nitrogens with zero attached hydrogens (tertiary/aromatic N) is 4. The summed E-state index contributed by atoms with van der Waals surface area (Å²) in [4.78, 5) is 17.6. The number of pyridine rings is 1. The highest BCUT2D eigenvalue weighted by Gasteiger charge is 2.32. The van der Waals surface area contributed by atoms with Gasteiger partial charge in [0.1, 0.15) is 10.9 Å². The van der Waals surface area contributed by atoms with E-state index < -0.39 is 16.0 Å². The van der Waals surface area contributed by atoms with Gasteiger partial charge in [0.05, 0.1) is 22.3 Å². The number of nitriles is 1. The minimum atomic E-state index is -3.75. The number of rotatable bonds is 4. The van der Waals surface area contributed by atoms with Crippen LogP contribution in [0, 0.1) is 18.3 Å². The summed E-state index contributed by atoms with van der Waals surface area (Å²) in [7, 11) is -3.75. The van der Waals surface area contributed by atoms with E-state index in [1.807, 2.05) is 4.90 Å². The molecule has 0 amide bonds. The molecule has 0 spiro atoms. The third kappa shape index (κ3) is 3.29. The smallest absolute Gasteiger partial charge is 0.345 e. The van der Waals surface area contributed by atoms with Gasteiger partial charge in [0.25, 0.3) is 0 Å². The average Bonchev–Trinajstić information content (AvgIpc) is 3.05. The van der Waals surface area contributed by atoms with Crippen LogP contribution in [0.1, 0.15) is 20.1 Å². The van der Waals surface area contributed by atoms with Crippen molar-refractivity contribution < 1.29 is 18.3 Å². The molecule has 3 rings (SSSR count). The van der Waals surface area contributed by atoms with Crippen molar-refractivity contribution in [3.8, 4) is 6.07 Å². The second kappa shape index (κ2) is 7.03. The maximum atomic E-state index is 12.9. The van der Waals surface area contributed by atoms with Gasteiger partial charge in [0, 0.05) is 37.3 Å². The fourth-order valence-electron chi connectivity index (χ4n) is 2.87. The first kappa shape index (κ1) is 18.3. The molecule has 2 aromatic heterocycles. The van der Waals surface area contributed by atoms with E-state index in [0.29, 0.717) is 29.2 Å². The summed E-state index contributed by atoms with van der Waals surface area (Å²) >= 11 is 0.956. The van der Waals surface area contributed by atoms with E-state index >= 15 is 0 Å². The molecule has 136 valence electrons. The Bertz CT molecular complexity index is 986. The fraction of sp³-hybridized carbons (Fsp3) is 0.312. The van der Waals surface area contributed by atoms with Gasteiger partial charge in [-0.25, -0.2) is 13.2 Å². The number of aromatic carboxylic acids is 1. The van der Waals surface area contributed by atoms with Crippen LogP contribution in [0.15, 0.2) is 29.4 Å². The Kier molecular flexibility index (Phi) is 4.95. The summed E-state index contributed by atoms with van der Waals surface area (Å²) in [5.41, 5.74) is 1.18. The zero-order valence-electron chi connectivity index (χ0n) is 13.9. The van der Waals surface area contributed by atoms with E-state index in [-0.39, 0.29) is 22.9 Å². The maximum Gasteiger partial charge on any atom is 0.345 e. The van der Waals surface area contributed by atoms with Crippen LogP contribution in [-0.4, -0.2) is 55.0 Å². The summed E-state index contributed by atoms with van der Waals surface area (Å²) < 4.78 is 27.1. The maximum absolute atomic E-state index is 12.9. The van der Waals surface area contributed by atoms with Crippen molar-refractivity contribution >= 4 is 33.0 Å². The third-order valence-electron chi connectivity index (χ3n) is 4.20. The SMILES string of the molecule is Cc1sc(C(=O)O)cc1S(=O)(=O)N1CCN(c2cnccc2C#N)CC1. The number of carbonyl (C=O) groups is 1. The molecule has 0 saturated carbocycles. The Hall–Kier alpha value is -2.48. The number of carboxylic acid groups (broad SMARTS) is 1. The lowest BCUT2D eigenvalue weighted by atomic mass is 10.2. The molecular weight excluding hydrogens is 376 g/mol. The second-order valence-corrected chi connectivity index (χ2v) is 8.89.